The van der Waals surface area contributed by atoms with Crippen LogP contribution in [0.25, 0.3) is 0 Å². The summed E-state index contributed by atoms with van der Waals surface area (Å²) in [4.78, 5) is 2.77. The van der Waals surface area contributed by atoms with Gasteiger partial charge in [0.05, 0.1) is 0 Å². The maximum Gasteiger partial charge on any atom is 0.00379 e. The average molecular weight is 221 g/mol. The quantitative estimate of drug-likeness (QED) is 0.702. The zero-order valence-electron chi connectivity index (χ0n) is 11.1. The van der Waals surface area contributed by atoms with Crippen LogP contribution in [0.3, 0.4) is 0 Å². The Kier molecular flexibility index (Phi) is 2.58. The summed E-state index contributed by atoms with van der Waals surface area (Å²) < 4.78 is 0. The van der Waals surface area contributed by atoms with Crippen LogP contribution in [0, 0.1) is 16.7 Å². The molecule has 0 N–H and O–H groups in total. The van der Waals surface area contributed by atoms with Gasteiger partial charge in [-0.15, -0.1) is 0 Å². The SMILES string of the molecule is CCC1(CN2CCC3(CC2)CC(C)C3)CC1. The van der Waals surface area contributed by atoms with Gasteiger partial charge in [0.2, 0.25) is 0 Å². The topological polar surface area (TPSA) is 3.24 Å². The van der Waals surface area contributed by atoms with Gasteiger partial charge in [-0.2, -0.15) is 0 Å². The lowest BCUT2D eigenvalue weighted by atomic mass is 9.58. The van der Waals surface area contributed by atoms with E-state index in [0.717, 1.165) is 16.7 Å². The van der Waals surface area contributed by atoms with Crippen LogP contribution in [-0.2, 0) is 0 Å². The van der Waals surface area contributed by atoms with Crippen LogP contribution in [0.15, 0.2) is 0 Å². The summed E-state index contributed by atoms with van der Waals surface area (Å²) in [6.45, 7) is 9.01. The van der Waals surface area contributed by atoms with Crippen LogP contribution in [0.4, 0.5) is 0 Å². The lowest BCUT2D eigenvalue weighted by molar-refractivity contribution is -0.0108. The summed E-state index contributed by atoms with van der Waals surface area (Å²) in [5, 5.41) is 0. The minimum Gasteiger partial charge on any atom is -0.303 e. The molecule has 1 heteroatoms. The van der Waals surface area contributed by atoms with Crippen molar-refractivity contribution < 1.29 is 0 Å². The van der Waals surface area contributed by atoms with Gasteiger partial charge in [-0.1, -0.05) is 13.8 Å². The monoisotopic (exact) mass is 221 g/mol. The van der Waals surface area contributed by atoms with Gasteiger partial charge in [-0.05, 0) is 74.8 Å². The van der Waals surface area contributed by atoms with Crippen molar-refractivity contribution in [2.24, 2.45) is 16.7 Å². The maximum atomic E-state index is 2.77. The highest BCUT2D eigenvalue weighted by Gasteiger charge is 2.46. The first-order valence-electron chi connectivity index (χ1n) is 7.38. The zero-order valence-corrected chi connectivity index (χ0v) is 11.1. The third-order valence-corrected chi connectivity index (χ3v) is 5.75. The lowest BCUT2D eigenvalue weighted by Gasteiger charge is -2.52. The molecule has 0 radical (unpaired) electrons. The van der Waals surface area contributed by atoms with Gasteiger partial charge in [0, 0.05) is 6.54 Å². The Bertz CT molecular complexity index is 251. The first-order valence-corrected chi connectivity index (χ1v) is 7.38. The number of hydrogen-bond acceptors (Lipinski definition) is 1. The van der Waals surface area contributed by atoms with Crippen molar-refractivity contribution in [3.63, 3.8) is 0 Å². The van der Waals surface area contributed by atoms with E-state index in [2.05, 4.69) is 18.7 Å². The van der Waals surface area contributed by atoms with Crippen LogP contribution in [0.2, 0.25) is 0 Å². The highest BCUT2D eigenvalue weighted by atomic mass is 15.1. The van der Waals surface area contributed by atoms with E-state index in [-0.39, 0.29) is 0 Å². The smallest absolute Gasteiger partial charge is 0.00379 e. The predicted octanol–water partition coefficient (Wildman–Crippen LogP) is 3.69. The molecule has 0 unspecified atom stereocenters. The first kappa shape index (κ1) is 11.1. The molecule has 0 atom stereocenters. The summed E-state index contributed by atoms with van der Waals surface area (Å²) in [6, 6.07) is 0. The minimum absolute atomic E-state index is 0.761. The second-order valence-corrected chi connectivity index (χ2v) is 7.14. The molecule has 2 aliphatic carbocycles. The van der Waals surface area contributed by atoms with Gasteiger partial charge in [0.25, 0.3) is 0 Å². The average Bonchev–Trinajstić information content (AvgIpc) is 3.00. The zero-order chi connectivity index (χ0) is 11.2. The third-order valence-electron chi connectivity index (χ3n) is 5.75. The molecule has 1 spiro atoms. The van der Waals surface area contributed by atoms with Gasteiger partial charge in [-0.3, -0.25) is 0 Å². The standard InChI is InChI=1S/C15H27N/c1-3-14(4-5-14)12-16-8-6-15(7-9-16)10-13(2)11-15/h13H,3-12H2,1-2H3. The minimum atomic E-state index is 0.761. The lowest BCUT2D eigenvalue weighted by Crippen LogP contribution is -2.47. The van der Waals surface area contributed by atoms with Gasteiger partial charge >= 0.3 is 0 Å². The van der Waals surface area contributed by atoms with Crippen LogP contribution >= 0.6 is 0 Å². The van der Waals surface area contributed by atoms with Crippen molar-refractivity contribution in [2.45, 2.75) is 58.8 Å². The Morgan fingerprint density at radius 2 is 1.69 bits per heavy atom. The summed E-state index contributed by atoms with van der Waals surface area (Å²) in [7, 11) is 0. The molecule has 2 saturated carbocycles. The van der Waals surface area contributed by atoms with E-state index < -0.39 is 0 Å². The highest BCUT2D eigenvalue weighted by molar-refractivity contribution is 4.99. The number of nitrogens with zero attached hydrogens (tertiary/aromatic N) is 1. The largest absolute Gasteiger partial charge is 0.303 e. The molecule has 3 fully saturated rings. The molecule has 16 heavy (non-hydrogen) atoms. The van der Waals surface area contributed by atoms with Crippen molar-refractivity contribution in [1.29, 1.82) is 0 Å². The molecule has 1 aliphatic heterocycles. The van der Waals surface area contributed by atoms with Crippen LogP contribution in [0.5, 0.6) is 0 Å². The molecule has 92 valence electrons. The Hall–Kier alpha value is -0.0400. The fourth-order valence-corrected chi connectivity index (χ4v) is 4.29. The van der Waals surface area contributed by atoms with Crippen molar-refractivity contribution in [2.75, 3.05) is 19.6 Å². The van der Waals surface area contributed by atoms with Crippen LogP contribution in [-0.4, -0.2) is 24.5 Å². The summed E-state index contributed by atoms with van der Waals surface area (Å²) in [6.07, 6.45) is 10.5. The normalized spacial score (nSPS) is 32.6. The number of hydrogen-bond donors (Lipinski definition) is 0. The highest BCUT2D eigenvalue weighted by Crippen LogP contribution is 2.54. The van der Waals surface area contributed by atoms with Gasteiger partial charge in [0.1, 0.15) is 0 Å². The fourth-order valence-electron chi connectivity index (χ4n) is 4.29. The molecule has 0 amide bonds. The molecule has 1 heterocycles. The molecule has 0 aromatic rings. The summed E-state index contributed by atoms with van der Waals surface area (Å²) >= 11 is 0. The summed E-state index contributed by atoms with van der Waals surface area (Å²) in [5.41, 5.74) is 1.57. The van der Waals surface area contributed by atoms with E-state index in [4.69, 9.17) is 0 Å². The number of likely N-dealkylation sites (tertiary alicyclic amines) is 1. The first-order chi connectivity index (χ1) is 7.65. The molecule has 0 aromatic carbocycles. The molecular weight excluding hydrogens is 194 g/mol. The van der Waals surface area contributed by atoms with Crippen LogP contribution in [0.1, 0.15) is 58.8 Å². The van der Waals surface area contributed by atoms with E-state index in [0.29, 0.717) is 0 Å². The van der Waals surface area contributed by atoms with E-state index in [1.54, 1.807) is 0 Å². The van der Waals surface area contributed by atoms with Crippen molar-refractivity contribution in [3.05, 3.63) is 0 Å². The van der Waals surface area contributed by atoms with Gasteiger partial charge in [0.15, 0.2) is 0 Å². The Labute approximate surface area is 101 Å². The second kappa shape index (κ2) is 3.73. The van der Waals surface area contributed by atoms with Crippen LogP contribution < -0.4 is 0 Å². The van der Waals surface area contributed by atoms with E-state index >= 15 is 0 Å². The maximum absolute atomic E-state index is 2.77. The Morgan fingerprint density at radius 3 is 2.12 bits per heavy atom. The van der Waals surface area contributed by atoms with E-state index in [9.17, 15) is 0 Å². The fraction of sp³-hybridized carbons (Fsp3) is 1.00. The van der Waals surface area contributed by atoms with E-state index in [1.807, 2.05) is 0 Å². The molecule has 3 aliphatic rings. The van der Waals surface area contributed by atoms with Crippen molar-refractivity contribution in [1.82, 2.24) is 4.90 Å². The molecule has 0 bridgehead atoms. The van der Waals surface area contributed by atoms with Crippen molar-refractivity contribution >= 4 is 0 Å². The second-order valence-electron chi connectivity index (χ2n) is 7.14. The number of piperidine rings is 1. The Morgan fingerprint density at radius 1 is 1.06 bits per heavy atom. The number of rotatable bonds is 3. The Balaban J connectivity index is 1.48. The third kappa shape index (κ3) is 1.92. The van der Waals surface area contributed by atoms with Crippen molar-refractivity contribution in [3.8, 4) is 0 Å². The molecule has 1 saturated heterocycles. The molecule has 3 rings (SSSR count). The predicted molar refractivity (Wildman–Crippen MR) is 68.5 cm³/mol. The van der Waals surface area contributed by atoms with Gasteiger partial charge in [-0.25, -0.2) is 0 Å². The summed E-state index contributed by atoms with van der Waals surface area (Å²) in [5.74, 6) is 1.02. The molecular formula is C15H27N. The molecule has 0 aromatic heterocycles. The van der Waals surface area contributed by atoms with E-state index in [1.165, 1.54) is 64.6 Å². The van der Waals surface area contributed by atoms with Gasteiger partial charge < -0.3 is 4.90 Å². The molecule has 1 nitrogen and oxygen atoms in total.